The van der Waals surface area contributed by atoms with E-state index in [1.165, 1.54) is 12.8 Å². The highest BCUT2D eigenvalue weighted by molar-refractivity contribution is 7.17. The van der Waals surface area contributed by atoms with Gasteiger partial charge < -0.3 is 10.0 Å². The molecule has 1 aliphatic heterocycles. The molecule has 0 aromatic carbocycles. The summed E-state index contributed by atoms with van der Waals surface area (Å²) in [4.78, 5) is 31.2. The Morgan fingerprint density at radius 2 is 2.20 bits per heavy atom. The molecule has 1 aliphatic carbocycles. The first kappa shape index (κ1) is 13.4. The van der Waals surface area contributed by atoms with Crippen LogP contribution in [-0.4, -0.2) is 46.6 Å². The maximum absolute atomic E-state index is 12.3. The minimum absolute atomic E-state index is 0.0451. The van der Waals surface area contributed by atoms with Gasteiger partial charge in [-0.1, -0.05) is 24.2 Å². The Balaban J connectivity index is 1.69. The van der Waals surface area contributed by atoms with Crippen LogP contribution in [0.3, 0.4) is 0 Å². The van der Waals surface area contributed by atoms with Gasteiger partial charge in [0.25, 0.3) is 0 Å². The van der Waals surface area contributed by atoms with Crippen molar-refractivity contribution in [3.05, 3.63) is 10.6 Å². The minimum atomic E-state index is -0.983. The quantitative estimate of drug-likeness (QED) is 0.903. The number of hydrogen-bond donors (Lipinski definition) is 1. The lowest BCUT2D eigenvalue weighted by Crippen LogP contribution is -2.32. The number of amides is 2. The van der Waals surface area contributed by atoms with Gasteiger partial charge in [0, 0.05) is 19.6 Å². The molecule has 1 aromatic heterocycles. The molecule has 2 heterocycles. The molecule has 6 nitrogen and oxygen atoms in total. The average molecular weight is 295 g/mol. The molecule has 7 heteroatoms. The Hall–Kier alpha value is -1.63. The van der Waals surface area contributed by atoms with Crippen LogP contribution in [0.1, 0.15) is 34.6 Å². The van der Waals surface area contributed by atoms with Crippen molar-refractivity contribution in [3.63, 3.8) is 0 Å². The molecule has 2 aliphatic rings. The largest absolute Gasteiger partial charge is 0.477 e. The molecular formula is C13H17N3O3S. The van der Waals surface area contributed by atoms with E-state index in [1.54, 1.807) is 11.8 Å². The first-order valence-corrected chi connectivity index (χ1v) is 7.65. The standard InChI is InChI=1S/C13H17N3O3S/c1-8-10(11(17)18)20-12(14-8)16-7-6-15(13(16)19)5-4-9-2-3-9/h9H,2-7H2,1H3,(H,17,18). The van der Waals surface area contributed by atoms with E-state index in [9.17, 15) is 9.59 Å². The molecule has 3 rings (SSSR count). The molecule has 0 atom stereocenters. The molecule has 1 saturated carbocycles. The summed E-state index contributed by atoms with van der Waals surface area (Å²) in [6, 6.07) is -0.0451. The number of carbonyl (C=O) groups is 2. The van der Waals surface area contributed by atoms with Crippen LogP contribution in [0, 0.1) is 12.8 Å². The summed E-state index contributed by atoms with van der Waals surface area (Å²) in [7, 11) is 0. The van der Waals surface area contributed by atoms with E-state index < -0.39 is 5.97 Å². The lowest BCUT2D eigenvalue weighted by molar-refractivity contribution is 0.0701. The zero-order valence-electron chi connectivity index (χ0n) is 11.3. The van der Waals surface area contributed by atoms with Gasteiger partial charge in [-0.15, -0.1) is 0 Å². The van der Waals surface area contributed by atoms with E-state index in [4.69, 9.17) is 5.11 Å². The minimum Gasteiger partial charge on any atom is -0.477 e. The van der Waals surface area contributed by atoms with Crippen molar-refractivity contribution in [1.82, 2.24) is 9.88 Å². The van der Waals surface area contributed by atoms with Crippen LogP contribution in [0.4, 0.5) is 9.93 Å². The molecule has 2 fully saturated rings. The van der Waals surface area contributed by atoms with Gasteiger partial charge in [-0.3, -0.25) is 4.90 Å². The molecule has 20 heavy (non-hydrogen) atoms. The van der Waals surface area contributed by atoms with E-state index in [1.807, 2.05) is 4.90 Å². The zero-order valence-corrected chi connectivity index (χ0v) is 12.2. The number of urea groups is 1. The number of hydrogen-bond acceptors (Lipinski definition) is 4. The molecular weight excluding hydrogens is 278 g/mol. The number of rotatable bonds is 5. The Morgan fingerprint density at radius 1 is 1.45 bits per heavy atom. The predicted octanol–water partition coefficient (Wildman–Crippen LogP) is 2.19. The highest BCUT2D eigenvalue weighted by atomic mass is 32.1. The number of anilines is 1. The van der Waals surface area contributed by atoms with Gasteiger partial charge in [-0.2, -0.15) is 0 Å². The number of thiazole rings is 1. The van der Waals surface area contributed by atoms with Crippen molar-refractivity contribution in [3.8, 4) is 0 Å². The summed E-state index contributed by atoms with van der Waals surface area (Å²) < 4.78 is 0. The summed E-state index contributed by atoms with van der Waals surface area (Å²) in [6.45, 7) is 3.76. The van der Waals surface area contributed by atoms with Crippen LogP contribution >= 0.6 is 11.3 Å². The summed E-state index contributed by atoms with van der Waals surface area (Å²) in [5.41, 5.74) is 0.474. The maximum Gasteiger partial charge on any atom is 0.347 e. The average Bonchev–Trinajstić information content (AvgIpc) is 3.04. The van der Waals surface area contributed by atoms with Crippen LogP contribution in [0.25, 0.3) is 0 Å². The molecule has 0 bridgehead atoms. The normalized spacial score (nSPS) is 18.9. The molecule has 1 N–H and O–H groups in total. The third kappa shape index (κ3) is 2.49. The van der Waals surface area contributed by atoms with Crippen LogP contribution < -0.4 is 4.90 Å². The van der Waals surface area contributed by atoms with Gasteiger partial charge in [-0.05, 0) is 19.3 Å². The number of aromatic carboxylic acids is 1. The number of aromatic nitrogens is 1. The van der Waals surface area contributed by atoms with Gasteiger partial charge in [0.15, 0.2) is 5.13 Å². The highest BCUT2D eigenvalue weighted by Gasteiger charge is 2.33. The summed E-state index contributed by atoms with van der Waals surface area (Å²) in [5.74, 6) is -0.180. The fraction of sp³-hybridized carbons (Fsp3) is 0.615. The van der Waals surface area contributed by atoms with Gasteiger partial charge in [-0.25, -0.2) is 14.6 Å². The van der Waals surface area contributed by atoms with Crippen molar-refractivity contribution < 1.29 is 14.7 Å². The molecule has 1 saturated heterocycles. The van der Waals surface area contributed by atoms with Crippen molar-refractivity contribution in [1.29, 1.82) is 0 Å². The maximum atomic E-state index is 12.3. The number of nitrogens with zero attached hydrogens (tertiary/aromatic N) is 3. The third-order valence-corrected chi connectivity index (χ3v) is 4.98. The number of aryl methyl sites for hydroxylation is 1. The molecule has 0 radical (unpaired) electrons. The Bertz CT molecular complexity index is 553. The Labute approximate surface area is 121 Å². The summed E-state index contributed by atoms with van der Waals surface area (Å²) in [5, 5.41) is 9.55. The molecule has 1 aromatic rings. The van der Waals surface area contributed by atoms with E-state index >= 15 is 0 Å². The van der Waals surface area contributed by atoms with E-state index in [-0.39, 0.29) is 10.9 Å². The molecule has 0 unspecified atom stereocenters. The number of carbonyl (C=O) groups excluding carboxylic acids is 1. The predicted molar refractivity (Wildman–Crippen MR) is 75.5 cm³/mol. The van der Waals surface area contributed by atoms with Crippen LogP contribution in [0.5, 0.6) is 0 Å². The summed E-state index contributed by atoms with van der Waals surface area (Å²) >= 11 is 1.08. The summed E-state index contributed by atoms with van der Waals surface area (Å²) in [6.07, 6.45) is 3.66. The fourth-order valence-electron chi connectivity index (χ4n) is 2.41. The van der Waals surface area contributed by atoms with Crippen molar-refractivity contribution in [2.45, 2.75) is 26.2 Å². The van der Waals surface area contributed by atoms with Crippen molar-refractivity contribution >= 4 is 28.5 Å². The van der Waals surface area contributed by atoms with Crippen molar-refractivity contribution in [2.75, 3.05) is 24.5 Å². The first-order valence-electron chi connectivity index (χ1n) is 6.83. The van der Waals surface area contributed by atoms with Gasteiger partial charge in [0.05, 0.1) is 5.69 Å². The molecule has 2 amide bonds. The third-order valence-electron chi connectivity index (χ3n) is 3.81. The van der Waals surface area contributed by atoms with E-state index in [2.05, 4.69) is 4.98 Å². The van der Waals surface area contributed by atoms with E-state index in [0.29, 0.717) is 23.9 Å². The second kappa shape index (κ2) is 5.05. The second-order valence-corrected chi connectivity index (χ2v) is 6.35. The molecule has 0 spiro atoms. The van der Waals surface area contributed by atoms with Crippen LogP contribution in [0.15, 0.2) is 0 Å². The number of carboxylic acids is 1. The second-order valence-electron chi connectivity index (χ2n) is 5.37. The Kier molecular flexibility index (Phi) is 3.37. The van der Waals surface area contributed by atoms with Gasteiger partial charge >= 0.3 is 12.0 Å². The monoisotopic (exact) mass is 295 g/mol. The lowest BCUT2D eigenvalue weighted by atomic mass is 10.3. The zero-order chi connectivity index (χ0) is 14.3. The topological polar surface area (TPSA) is 73.7 Å². The first-order chi connectivity index (χ1) is 9.56. The highest BCUT2D eigenvalue weighted by Crippen LogP contribution is 2.33. The van der Waals surface area contributed by atoms with Gasteiger partial charge in [0.1, 0.15) is 4.88 Å². The molecule has 108 valence electrons. The lowest BCUT2D eigenvalue weighted by Gasteiger charge is -2.16. The van der Waals surface area contributed by atoms with Crippen molar-refractivity contribution in [2.24, 2.45) is 5.92 Å². The van der Waals surface area contributed by atoms with E-state index in [0.717, 1.165) is 30.2 Å². The number of carboxylic acid groups (broad SMARTS) is 1. The smallest absolute Gasteiger partial charge is 0.347 e. The SMILES string of the molecule is Cc1nc(N2CCN(CCC3CC3)C2=O)sc1C(=O)O. The fourth-order valence-corrected chi connectivity index (χ4v) is 3.33. The van der Waals surface area contributed by atoms with Crippen LogP contribution in [-0.2, 0) is 0 Å². The van der Waals surface area contributed by atoms with Gasteiger partial charge in [0.2, 0.25) is 0 Å². The van der Waals surface area contributed by atoms with Crippen LogP contribution in [0.2, 0.25) is 0 Å². The Morgan fingerprint density at radius 3 is 2.80 bits per heavy atom.